The van der Waals surface area contributed by atoms with Crippen LogP contribution >= 0.6 is 36.4 Å². The van der Waals surface area contributed by atoms with Gasteiger partial charge in [-0.1, -0.05) is 24.4 Å². The highest BCUT2D eigenvalue weighted by Crippen LogP contribution is 2.43. The Morgan fingerprint density at radius 2 is 1.77 bits per heavy atom. The third-order valence-electron chi connectivity index (χ3n) is 4.70. The van der Waals surface area contributed by atoms with Gasteiger partial charge in [-0.05, 0) is 37.0 Å². The summed E-state index contributed by atoms with van der Waals surface area (Å²) in [7, 11) is 0. The van der Waals surface area contributed by atoms with E-state index in [0.717, 1.165) is 36.8 Å². The quantitative estimate of drug-likeness (QED) is 0.847. The van der Waals surface area contributed by atoms with Crippen LogP contribution in [0.15, 0.2) is 18.2 Å². The first-order valence-corrected chi connectivity index (χ1v) is 8.06. The lowest BCUT2D eigenvalue weighted by atomic mass is 9.89. The van der Waals surface area contributed by atoms with Gasteiger partial charge in [0.2, 0.25) is 0 Å². The second-order valence-corrected chi connectivity index (χ2v) is 6.41. The van der Waals surface area contributed by atoms with Crippen molar-refractivity contribution in [1.82, 2.24) is 10.2 Å². The molecule has 0 bridgehead atoms. The molecule has 0 spiro atoms. The summed E-state index contributed by atoms with van der Waals surface area (Å²) in [5.41, 5.74) is 1.02. The number of rotatable bonds is 3. The molecule has 6 heteroatoms. The average Bonchev–Trinajstić information content (AvgIpc) is 2.98. The van der Waals surface area contributed by atoms with Crippen molar-refractivity contribution in [2.45, 2.75) is 31.7 Å². The van der Waals surface area contributed by atoms with Gasteiger partial charge in [0.1, 0.15) is 5.75 Å². The summed E-state index contributed by atoms with van der Waals surface area (Å²) in [6.07, 6.45) is 5.16. The zero-order chi connectivity index (χ0) is 13.9. The van der Waals surface area contributed by atoms with Crippen molar-refractivity contribution < 1.29 is 5.11 Å². The van der Waals surface area contributed by atoms with E-state index in [-0.39, 0.29) is 24.8 Å². The Balaban J connectivity index is 0.00000121. The van der Waals surface area contributed by atoms with Gasteiger partial charge in [-0.25, -0.2) is 0 Å². The van der Waals surface area contributed by atoms with Gasteiger partial charge < -0.3 is 10.4 Å². The number of benzene rings is 1. The lowest BCUT2D eigenvalue weighted by Gasteiger charge is -2.39. The van der Waals surface area contributed by atoms with Gasteiger partial charge in [-0.2, -0.15) is 0 Å². The minimum Gasteiger partial charge on any atom is -0.508 e. The van der Waals surface area contributed by atoms with Crippen molar-refractivity contribution in [2.75, 3.05) is 26.2 Å². The van der Waals surface area contributed by atoms with Gasteiger partial charge in [0.15, 0.2) is 0 Å². The minimum atomic E-state index is 0. The Labute approximate surface area is 150 Å². The molecule has 0 radical (unpaired) electrons. The van der Waals surface area contributed by atoms with Crippen LogP contribution in [0.4, 0.5) is 0 Å². The normalized spacial score (nSPS) is 21.0. The first kappa shape index (κ1) is 19.9. The molecule has 1 aromatic carbocycles. The largest absolute Gasteiger partial charge is 0.508 e. The summed E-state index contributed by atoms with van der Waals surface area (Å²) in [4.78, 5) is 2.53. The number of halogens is 3. The van der Waals surface area contributed by atoms with E-state index in [2.05, 4.69) is 10.2 Å². The fourth-order valence-corrected chi connectivity index (χ4v) is 3.93. The molecule has 2 N–H and O–H groups in total. The fraction of sp³-hybridized carbons (Fsp3) is 0.625. The molecule has 2 aliphatic rings. The first-order valence-electron chi connectivity index (χ1n) is 7.69. The summed E-state index contributed by atoms with van der Waals surface area (Å²) in [5, 5.41) is 14.4. The van der Waals surface area contributed by atoms with E-state index in [9.17, 15) is 5.11 Å². The van der Waals surface area contributed by atoms with Crippen molar-refractivity contribution in [3.8, 4) is 5.75 Å². The highest BCUT2D eigenvalue weighted by molar-refractivity contribution is 6.30. The van der Waals surface area contributed by atoms with Crippen molar-refractivity contribution in [1.29, 1.82) is 0 Å². The van der Waals surface area contributed by atoms with E-state index in [1.165, 1.54) is 25.7 Å². The molecule has 0 aromatic heterocycles. The van der Waals surface area contributed by atoms with E-state index >= 15 is 0 Å². The smallest absolute Gasteiger partial charge is 0.120 e. The molecule has 2 fully saturated rings. The number of phenolic OH excluding ortho intramolecular Hbond substituents is 1. The molecule has 126 valence electrons. The molecule has 1 aliphatic carbocycles. The molecule has 3 nitrogen and oxygen atoms in total. The molecular formula is C16H25Cl3N2O. The van der Waals surface area contributed by atoms with Crippen LogP contribution in [-0.4, -0.2) is 36.2 Å². The van der Waals surface area contributed by atoms with Crippen LogP contribution in [-0.2, 0) is 0 Å². The van der Waals surface area contributed by atoms with Crippen molar-refractivity contribution in [2.24, 2.45) is 5.92 Å². The standard InChI is InChI=1S/C16H23ClN2O.2ClH/c17-13-5-6-15(20)14(11-13)16(12-3-1-2-4-12)19-9-7-18-8-10-19;;/h5-6,11-12,16,18,20H,1-4,7-10H2;2*1H/t16-;;/m1../s1. The predicted molar refractivity (Wildman–Crippen MR) is 96.8 cm³/mol. The maximum absolute atomic E-state index is 10.3. The van der Waals surface area contributed by atoms with Crippen LogP contribution in [0.5, 0.6) is 5.75 Å². The van der Waals surface area contributed by atoms with Crippen LogP contribution in [0.25, 0.3) is 0 Å². The number of hydrogen-bond acceptors (Lipinski definition) is 3. The molecule has 0 amide bonds. The third kappa shape index (κ3) is 4.42. The van der Waals surface area contributed by atoms with Crippen LogP contribution in [0.2, 0.25) is 5.02 Å². The molecule has 1 heterocycles. The average molecular weight is 368 g/mol. The van der Waals surface area contributed by atoms with Gasteiger partial charge in [0, 0.05) is 42.8 Å². The number of nitrogens with one attached hydrogen (secondary N) is 1. The Kier molecular flexibility index (Phi) is 8.29. The summed E-state index contributed by atoms with van der Waals surface area (Å²) in [6.45, 7) is 4.16. The summed E-state index contributed by atoms with van der Waals surface area (Å²) < 4.78 is 0. The number of hydrogen-bond donors (Lipinski definition) is 2. The number of piperazine rings is 1. The Hall–Kier alpha value is -0.190. The zero-order valence-electron chi connectivity index (χ0n) is 12.6. The van der Waals surface area contributed by atoms with Crippen LogP contribution < -0.4 is 5.32 Å². The Morgan fingerprint density at radius 3 is 2.41 bits per heavy atom. The highest BCUT2D eigenvalue weighted by atomic mass is 35.5. The maximum Gasteiger partial charge on any atom is 0.120 e. The van der Waals surface area contributed by atoms with Gasteiger partial charge >= 0.3 is 0 Å². The zero-order valence-corrected chi connectivity index (χ0v) is 15.0. The van der Waals surface area contributed by atoms with E-state index in [4.69, 9.17) is 11.6 Å². The monoisotopic (exact) mass is 366 g/mol. The number of nitrogens with zero attached hydrogens (tertiary/aromatic N) is 1. The van der Waals surface area contributed by atoms with E-state index < -0.39 is 0 Å². The second kappa shape index (κ2) is 9.19. The van der Waals surface area contributed by atoms with Gasteiger partial charge in [0.05, 0.1) is 0 Å². The van der Waals surface area contributed by atoms with Crippen molar-refractivity contribution in [3.05, 3.63) is 28.8 Å². The minimum absolute atomic E-state index is 0. The molecule has 22 heavy (non-hydrogen) atoms. The van der Waals surface area contributed by atoms with Crippen LogP contribution in [0.1, 0.15) is 37.3 Å². The molecule has 1 atom stereocenters. The number of aromatic hydroxyl groups is 1. The topological polar surface area (TPSA) is 35.5 Å². The maximum atomic E-state index is 10.3. The van der Waals surface area contributed by atoms with E-state index in [1.54, 1.807) is 12.1 Å². The first-order chi connectivity index (χ1) is 9.75. The fourth-order valence-electron chi connectivity index (χ4n) is 3.74. The molecule has 1 saturated heterocycles. The van der Waals surface area contributed by atoms with Gasteiger partial charge in [-0.3, -0.25) is 4.90 Å². The van der Waals surface area contributed by atoms with Crippen molar-refractivity contribution in [3.63, 3.8) is 0 Å². The van der Waals surface area contributed by atoms with E-state index in [0.29, 0.717) is 17.7 Å². The Bertz CT molecular complexity index is 461. The summed E-state index contributed by atoms with van der Waals surface area (Å²) in [5.74, 6) is 1.04. The van der Waals surface area contributed by atoms with Crippen LogP contribution in [0.3, 0.4) is 0 Å². The summed E-state index contributed by atoms with van der Waals surface area (Å²) in [6, 6.07) is 5.78. The number of phenols is 1. The summed E-state index contributed by atoms with van der Waals surface area (Å²) >= 11 is 6.16. The molecule has 0 unspecified atom stereocenters. The molecule has 1 aromatic rings. The Morgan fingerprint density at radius 1 is 1.14 bits per heavy atom. The van der Waals surface area contributed by atoms with Crippen LogP contribution in [0, 0.1) is 5.92 Å². The van der Waals surface area contributed by atoms with Gasteiger partial charge in [0.25, 0.3) is 0 Å². The lowest BCUT2D eigenvalue weighted by molar-refractivity contribution is 0.123. The van der Waals surface area contributed by atoms with Crippen molar-refractivity contribution >= 4 is 36.4 Å². The molecular weight excluding hydrogens is 343 g/mol. The second-order valence-electron chi connectivity index (χ2n) is 5.98. The molecule has 1 aliphatic heterocycles. The molecule has 3 rings (SSSR count). The highest BCUT2D eigenvalue weighted by Gasteiger charge is 2.33. The third-order valence-corrected chi connectivity index (χ3v) is 4.93. The SMILES string of the molecule is Cl.Cl.Oc1ccc(Cl)cc1[C@@H](C1CCCC1)N1CCNCC1. The molecule has 1 saturated carbocycles. The predicted octanol–water partition coefficient (Wildman–Crippen LogP) is 4.03. The van der Waals surface area contributed by atoms with Gasteiger partial charge in [-0.15, -0.1) is 24.8 Å². The lowest BCUT2D eigenvalue weighted by Crippen LogP contribution is -2.46. The van der Waals surface area contributed by atoms with E-state index in [1.807, 2.05) is 6.07 Å².